The second-order valence-electron chi connectivity index (χ2n) is 5.82. The first-order valence-electron chi connectivity index (χ1n) is 7.89. The van der Waals surface area contributed by atoms with Crippen LogP contribution in [0.15, 0.2) is 29.4 Å². The van der Waals surface area contributed by atoms with Gasteiger partial charge in [0.25, 0.3) is 5.91 Å². The van der Waals surface area contributed by atoms with Gasteiger partial charge in [0, 0.05) is 6.42 Å². The number of anilines is 1. The van der Waals surface area contributed by atoms with Crippen molar-refractivity contribution in [2.24, 2.45) is 5.16 Å². The van der Waals surface area contributed by atoms with Crippen LogP contribution < -0.4 is 5.32 Å². The second-order valence-corrected chi connectivity index (χ2v) is 5.82. The van der Waals surface area contributed by atoms with Gasteiger partial charge in [-0.25, -0.2) is 26.3 Å². The zero-order valence-corrected chi connectivity index (χ0v) is 14.6. The maximum atomic E-state index is 13.6. The van der Waals surface area contributed by atoms with Crippen LogP contribution in [-0.4, -0.2) is 17.7 Å². The fourth-order valence-electron chi connectivity index (χ4n) is 2.12. The molecule has 1 amide bonds. The summed E-state index contributed by atoms with van der Waals surface area (Å²) in [5, 5.41) is 5.06. The van der Waals surface area contributed by atoms with E-state index >= 15 is 0 Å². The molecule has 2 aromatic rings. The van der Waals surface area contributed by atoms with E-state index in [0.717, 1.165) is 12.5 Å². The number of carbonyl (C=O) groups is 1. The molecule has 0 spiro atoms. The van der Waals surface area contributed by atoms with Crippen molar-refractivity contribution in [1.29, 1.82) is 0 Å². The maximum absolute atomic E-state index is 13.6. The van der Waals surface area contributed by atoms with Crippen molar-refractivity contribution in [3.05, 3.63) is 64.7 Å². The molecule has 4 nitrogen and oxygen atoms in total. The van der Waals surface area contributed by atoms with Crippen LogP contribution in [-0.2, 0) is 16.1 Å². The molecule has 10 heteroatoms. The lowest BCUT2D eigenvalue weighted by atomic mass is 10.1. The molecule has 28 heavy (non-hydrogen) atoms. The summed E-state index contributed by atoms with van der Waals surface area (Å²) in [7, 11) is 0. The van der Waals surface area contributed by atoms with E-state index in [0.29, 0.717) is 6.42 Å². The standard InChI is InChI=1S/C18H14F6N2O2/c1-8(7-10-3-5-11(19)6-4-10)28-26-9(2)18(27)25-17-15(23)13(21)12(20)14(22)16(17)24/h3-6,8H,7H2,1-2H3,(H,25,27)/b26-9-. The van der Waals surface area contributed by atoms with Crippen LogP contribution in [0.3, 0.4) is 0 Å². The third-order valence-electron chi connectivity index (χ3n) is 3.58. The fourth-order valence-corrected chi connectivity index (χ4v) is 2.12. The van der Waals surface area contributed by atoms with Gasteiger partial charge in [-0.3, -0.25) is 4.79 Å². The molecule has 0 heterocycles. The average molecular weight is 404 g/mol. The first kappa shape index (κ1) is 21.3. The van der Waals surface area contributed by atoms with Gasteiger partial charge in [-0.15, -0.1) is 0 Å². The Morgan fingerprint density at radius 3 is 2.00 bits per heavy atom. The molecule has 2 aromatic carbocycles. The van der Waals surface area contributed by atoms with Gasteiger partial charge >= 0.3 is 0 Å². The third kappa shape index (κ3) is 4.81. The zero-order chi connectivity index (χ0) is 21.0. The van der Waals surface area contributed by atoms with E-state index in [1.165, 1.54) is 24.3 Å². The minimum Gasteiger partial charge on any atom is -0.392 e. The van der Waals surface area contributed by atoms with Gasteiger partial charge in [-0.05, 0) is 31.5 Å². The smallest absolute Gasteiger partial charge is 0.273 e. The largest absolute Gasteiger partial charge is 0.392 e. The van der Waals surface area contributed by atoms with E-state index in [1.807, 2.05) is 0 Å². The number of rotatable bonds is 6. The van der Waals surface area contributed by atoms with Gasteiger partial charge in [0.1, 0.15) is 23.3 Å². The fraction of sp³-hybridized carbons (Fsp3) is 0.222. The Hall–Kier alpha value is -3.04. The van der Waals surface area contributed by atoms with Gasteiger partial charge in [0.2, 0.25) is 5.82 Å². The van der Waals surface area contributed by atoms with Crippen LogP contribution >= 0.6 is 0 Å². The number of nitrogens with one attached hydrogen (secondary N) is 1. The van der Waals surface area contributed by atoms with Crippen molar-refractivity contribution in [1.82, 2.24) is 0 Å². The molecule has 1 unspecified atom stereocenters. The first-order valence-corrected chi connectivity index (χ1v) is 7.89. The Morgan fingerprint density at radius 1 is 0.964 bits per heavy atom. The zero-order valence-electron chi connectivity index (χ0n) is 14.6. The van der Waals surface area contributed by atoms with Crippen molar-refractivity contribution in [3.8, 4) is 0 Å². The molecule has 0 aliphatic carbocycles. The van der Waals surface area contributed by atoms with Crippen molar-refractivity contribution < 1.29 is 36.0 Å². The van der Waals surface area contributed by atoms with E-state index in [1.54, 1.807) is 12.2 Å². The lowest BCUT2D eigenvalue weighted by Gasteiger charge is -2.12. The predicted molar refractivity (Wildman–Crippen MR) is 88.6 cm³/mol. The van der Waals surface area contributed by atoms with Crippen LogP contribution in [0.2, 0.25) is 0 Å². The van der Waals surface area contributed by atoms with E-state index in [-0.39, 0.29) is 0 Å². The summed E-state index contributed by atoms with van der Waals surface area (Å²) >= 11 is 0. The van der Waals surface area contributed by atoms with Gasteiger partial charge in [-0.1, -0.05) is 17.3 Å². The molecule has 1 atom stereocenters. The molecule has 0 aliphatic heterocycles. The molecule has 0 bridgehead atoms. The van der Waals surface area contributed by atoms with Crippen molar-refractivity contribution >= 4 is 17.3 Å². The normalized spacial score (nSPS) is 12.6. The lowest BCUT2D eigenvalue weighted by molar-refractivity contribution is -0.110. The Balaban J connectivity index is 2.05. The third-order valence-corrected chi connectivity index (χ3v) is 3.58. The SMILES string of the molecule is C/C(=N/OC(C)Cc1ccc(F)cc1)C(=O)Nc1c(F)c(F)c(F)c(F)c1F. The number of halogens is 6. The van der Waals surface area contributed by atoms with Gasteiger partial charge in [0.05, 0.1) is 0 Å². The maximum Gasteiger partial charge on any atom is 0.273 e. The number of benzene rings is 2. The highest BCUT2D eigenvalue weighted by Gasteiger charge is 2.27. The average Bonchev–Trinajstić information content (AvgIpc) is 2.67. The highest BCUT2D eigenvalue weighted by molar-refractivity contribution is 6.42. The molecule has 1 N–H and O–H groups in total. The molecule has 0 radical (unpaired) electrons. The summed E-state index contributed by atoms with van der Waals surface area (Å²) in [6.07, 6.45) is -0.238. The van der Waals surface area contributed by atoms with Crippen molar-refractivity contribution in [2.45, 2.75) is 26.4 Å². The van der Waals surface area contributed by atoms with Crippen LogP contribution in [0.5, 0.6) is 0 Å². The van der Waals surface area contributed by atoms with E-state index in [9.17, 15) is 31.1 Å². The van der Waals surface area contributed by atoms with Gasteiger partial charge in [0.15, 0.2) is 23.3 Å². The molecule has 2 rings (SSSR count). The van der Waals surface area contributed by atoms with Crippen LogP contribution in [0.4, 0.5) is 32.0 Å². The monoisotopic (exact) mass is 404 g/mol. The number of hydrogen-bond donors (Lipinski definition) is 1. The van der Waals surface area contributed by atoms with Crippen LogP contribution in [0.1, 0.15) is 19.4 Å². The highest BCUT2D eigenvalue weighted by atomic mass is 19.2. The predicted octanol–water partition coefficient (Wildman–Crippen LogP) is 4.48. The number of hydrogen-bond acceptors (Lipinski definition) is 3. The Bertz CT molecular complexity index is 886. The summed E-state index contributed by atoms with van der Waals surface area (Å²) in [5.74, 6) is -12.7. The van der Waals surface area contributed by atoms with E-state index < -0.39 is 58.3 Å². The Kier molecular flexibility index (Phi) is 6.66. The molecule has 0 aliphatic rings. The van der Waals surface area contributed by atoms with Gasteiger partial charge < -0.3 is 10.2 Å². The van der Waals surface area contributed by atoms with Crippen LogP contribution in [0, 0.1) is 34.9 Å². The summed E-state index contributed by atoms with van der Waals surface area (Å²) in [6.45, 7) is 2.72. The van der Waals surface area contributed by atoms with Crippen molar-refractivity contribution in [2.75, 3.05) is 5.32 Å². The summed E-state index contributed by atoms with van der Waals surface area (Å²) < 4.78 is 79.3. The number of amides is 1. The minimum atomic E-state index is -2.34. The molecular weight excluding hydrogens is 390 g/mol. The Labute approximate surface area is 155 Å². The minimum absolute atomic E-state index is 0.316. The van der Waals surface area contributed by atoms with E-state index in [4.69, 9.17) is 4.84 Å². The van der Waals surface area contributed by atoms with Crippen molar-refractivity contribution in [3.63, 3.8) is 0 Å². The van der Waals surface area contributed by atoms with Crippen LogP contribution in [0.25, 0.3) is 0 Å². The number of oxime groups is 1. The summed E-state index contributed by atoms with van der Waals surface area (Å²) in [4.78, 5) is 17.0. The molecule has 0 fully saturated rings. The first-order chi connectivity index (χ1) is 13.1. The summed E-state index contributed by atoms with van der Waals surface area (Å²) in [5.41, 5.74) is -1.18. The molecular formula is C18H14F6N2O2. The second kappa shape index (κ2) is 8.77. The lowest BCUT2D eigenvalue weighted by Crippen LogP contribution is -2.24. The molecule has 0 saturated heterocycles. The number of carbonyl (C=O) groups excluding carboxylic acids is 1. The highest BCUT2D eigenvalue weighted by Crippen LogP contribution is 2.27. The quantitative estimate of drug-likeness (QED) is 0.254. The molecule has 0 aromatic heterocycles. The Morgan fingerprint density at radius 2 is 1.46 bits per heavy atom. The van der Waals surface area contributed by atoms with Gasteiger partial charge in [-0.2, -0.15) is 0 Å². The molecule has 150 valence electrons. The topological polar surface area (TPSA) is 50.7 Å². The van der Waals surface area contributed by atoms with E-state index in [2.05, 4.69) is 5.16 Å². The summed E-state index contributed by atoms with van der Waals surface area (Å²) in [6, 6.07) is 5.57. The molecule has 0 saturated carbocycles. The number of nitrogens with zero attached hydrogens (tertiary/aromatic N) is 1.